The van der Waals surface area contributed by atoms with E-state index in [1.54, 1.807) is 16.7 Å². The lowest BCUT2D eigenvalue weighted by molar-refractivity contribution is 0.306. The van der Waals surface area contributed by atoms with Crippen molar-refractivity contribution < 1.29 is 4.74 Å². The molecule has 1 aromatic heterocycles. The SMILES string of the molecule is Cc1ccc(-n2c(/C=C/c3ccc(OCc4ccc(Cl)c(Cl)c4)cc3)nc3ccccc3c2=O)c(C)c1. The number of halogens is 2. The molecule has 0 saturated heterocycles. The molecule has 0 aliphatic heterocycles. The summed E-state index contributed by atoms with van der Waals surface area (Å²) in [5.74, 6) is 1.30. The summed E-state index contributed by atoms with van der Waals surface area (Å²) in [7, 11) is 0. The number of ether oxygens (including phenoxy) is 1. The van der Waals surface area contributed by atoms with Crippen molar-refractivity contribution in [2.24, 2.45) is 0 Å². The van der Waals surface area contributed by atoms with Gasteiger partial charge in [-0.2, -0.15) is 0 Å². The zero-order valence-corrected chi connectivity index (χ0v) is 21.9. The topological polar surface area (TPSA) is 44.1 Å². The lowest BCUT2D eigenvalue weighted by atomic mass is 10.1. The Morgan fingerprint density at radius 1 is 0.865 bits per heavy atom. The predicted molar refractivity (Wildman–Crippen MR) is 153 cm³/mol. The normalized spacial score (nSPS) is 11.4. The Hall–Kier alpha value is -3.86. The van der Waals surface area contributed by atoms with Crippen LogP contribution in [0.5, 0.6) is 5.75 Å². The number of nitrogens with zero attached hydrogens (tertiary/aromatic N) is 2. The summed E-state index contributed by atoms with van der Waals surface area (Å²) in [6, 6.07) is 26.6. The molecule has 4 aromatic carbocycles. The van der Waals surface area contributed by atoms with Gasteiger partial charge in [-0.3, -0.25) is 9.36 Å². The maximum atomic E-state index is 13.5. The number of fused-ring (bicyclic) bond motifs is 1. The van der Waals surface area contributed by atoms with Crippen LogP contribution in [0.4, 0.5) is 0 Å². The highest BCUT2D eigenvalue weighted by atomic mass is 35.5. The van der Waals surface area contributed by atoms with Crippen molar-refractivity contribution >= 4 is 46.3 Å². The van der Waals surface area contributed by atoms with Crippen molar-refractivity contribution in [2.75, 3.05) is 0 Å². The van der Waals surface area contributed by atoms with Gasteiger partial charge in [0.1, 0.15) is 18.2 Å². The van der Waals surface area contributed by atoms with Crippen molar-refractivity contribution in [3.8, 4) is 11.4 Å². The molecule has 0 saturated carbocycles. The molecule has 184 valence electrons. The molecule has 0 amide bonds. The van der Waals surface area contributed by atoms with E-state index in [2.05, 4.69) is 6.07 Å². The van der Waals surface area contributed by atoms with E-state index in [1.165, 1.54) is 0 Å². The van der Waals surface area contributed by atoms with Gasteiger partial charge in [-0.15, -0.1) is 0 Å². The van der Waals surface area contributed by atoms with Crippen LogP contribution in [0.3, 0.4) is 0 Å². The van der Waals surface area contributed by atoms with Gasteiger partial charge < -0.3 is 4.74 Å². The second kappa shape index (κ2) is 10.6. The number of aryl methyl sites for hydroxylation is 2. The standard InChI is InChI=1S/C31H24Cl2N2O2/c1-20-7-15-29(21(2)17-20)35-30(34-28-6-4-3-5-25(28)31(35)36)16-11-22-8-12-24(13-9-22)37-19-23-10-14-26(32)27(33)18-23/h3-18H,19H2,1-2H3/b16-11+. The van der Waals surface area contributed by atoms with Crippen LogP contribution in [-0.2, 0) is 6.61 Å². The fourth-order valence-electron chi connectivity index (χ4n) is 4.19. The van der Waals surface area contributed by atoms with E-state index in [0.29, 0.717) is 33.4 Å². The summed E-state index contributed by atoms with van der Waals surface area (Å²) < 4.78 is 7.57. The Morgan fingerprint density at radius 3 is 2.41 bits per heavy atom. The molecule has 0 unspecified atom stereocenters. The Bertz CT molecular complexity index is 1690. The van der Waals surface area contributed by atoms with Crippen LogP contribution in [0.25, 0.3) is 28.7 Å². The molecule has 4 nitrogen and oxygen atoms in total. The number of hydrogen-bond acceptors (Lipinski definition) is 3. The smallest absolute Gasteiger partial charge is 0.266 e. The summed E-state index contributed by atoms with van der Waals surface area (Å²) >= 11 is 12.1. The van der Waals surface area contributed by atoms with Gasteiger partial charge in [-0.25, -0.2) is 4.98 Å². The van der Waals surface area contributed by atoms with Gasteiger partial charge in [0.25, 0.3) is 5.56 Å². The van der Waals surface area contributed by atoms with Crippen molar-refractivity contribution in [3.63, 3.8) is 0 Å². The number of hydrogen-bond donors (Lipinski definition) is 0. The molecule has 1 heterocycles. The first-order valence-corrected chi connectivity index (χ1v) is 12.6. The first-order chi connectivity index (χ1) is 17.9. The average Bonchev–Trinajstić information content (AvgIpc) is 2.89. The number of aromatic nitrogens is 2. The van der Waals surface area contributed by atoms with Crippen LogP contribution in [0.2, 0.25) is 10.0 Å². The quantitative estimate of drug-likeness (QED) is 0.224. The highest BCUT2D eigenvalue weighted by Gasteiger charge is 2.13. The van der Waals surface area contributed by atoms with Gasteiger partial charge in [-0.05, 0) is 79.1 Å². The molecule has 0 fully saturated rings. The van der Waals surface area contributed by atoms with E-state index in [9.17, 15) is 4.79 Å². The Balaban J connectivity index is 1.44. The molecule has 0 bridgehead atoms. The highest BCUT2D eigenvalue weighted by Crippen LogP contribution is 2.24. The third-order valence-electron chi connectivity index (χ3n) is 6.09. The minimum Gasteiger partial charge on any atom is -0.489 e. The third kappa shape index (κ3) is 5.46. The van der Waals surface area contributed by atoms with Crippen LogP contribution in [0.1, 0.15) is 28.1 Å². The molecule has 5 rings (SSSR count). The maximum Gasteiger partial charge on any atom is 0.266 e. The summed E-state index contributed by atoms with van der Waals surface area (Å²) in [5.41, 5.74) is 5.43. The van der Waals surface area contributed by atoms with Crippen molar-refractivity contribution in [3.05, 3.63) is 133 Å². The summed E-state index contributed by atoms with van der Waals surface area (Å²) in [4.78, 5) is 18.3. The minimum atomic E-state index is -0.0942. The molecule has 37 heavy (non-hydrogen) atoms. The fourth-order valence-corrected chi connectivity index (χ4v) is 4.51. The molecule has 0 atom stereocenters. The van der Waals surface area contributed by atoms with E-state index >= 15 is 0 Å². The van der Waals surface area contributed by atoms with Crippen LogP contribution < -0.4 is 10.3 Å². The molecule has 0 radical (unpaired) electrons. The second-order valence-electron chi connectivity index (χ2n) is 8.86. The number of rotatable bonds is 6. The van der Waals surface area contributed by atoms with Gasteiger partial charge in [-0.1, -0.05) is 77.3 Å². The van der Waals surface area contributed by atoms with Gasteiger partial charge in [0, 0.05) is 0 Å². The van der Waals surface area contributed by atoms with Crippen LogP contribution in [0, 0.1) is 13.8 Å². The Labute approximate surface area is 225 Å². The zero-order chi connectivity index (χ0) is 25.9. The van der Waals surface area contributed by atoms with Gasteiger partial charge >= 0.3 is 0 Å². The van der Waals surface area contributed by atoms with Crippen LogP contribution in [0.15, 0.2) is 89.7 Å². The molecular weight excluding hydrogens is 503 g/mol. The molecule has 0 spiro atoms. The average molecular weight is 527 g/mol. The largest absolute Gasteiger partial charge is 0.489 e. The monoisotopic (exact) mass is 526 g/mol. The molecule has 0 N–H and O–H groups in total. The molecule has 5 aromatic rings. The predicted octanol–water partition coefficient (Wildman–Crippen LogP) is 8.06. The van der Waals surface area contributed by atoms with Crippen LogP contribution >= 0.6 is 23.2 Å². The van der Waals surface area contributed by atoms with Gasteiger partial charge in [0.2, 0.25) is 0 Å². The lowest BCUT2D eigenvalue weighted by Gasteiger charge is -2.14. The second-order valence-corrected chi connectivity index (χ2v) is 9.67. The van der Waals surface area contributed by atoms with E-state index in [4.69, 9.17) is 32.9 Å². The van der Waals surface area contributed by atoms with E-state index < -0.39 is 0 Å². The summed E-state index contributed by atoms with van der Waals surface area (Å²) in [6.07, 6.45) is 3.82. The third-order valence-corrected chi connectivity index (χ3v) is 6.83. The van der Waals surface area contributed by atoms with Crippen molar-refractivity contribution in [2.45, 2.75) is 20.5 Å². The molecule has 0 aliphatic rings. The summed E-state index contributed by atoms with van der Waals surface area (Å²) in [5, 5.41) is 1.61. The Morgan fingerprint density at radius 2 is 1.65 bits per heavy atom. The van der Waals surface area contributed by atoms with E-state index in [1.807, 2.05) is 92.7 Å². The first-order valence-electron chi connectivity index (χ1n) is 11.8. The van der Waals surface area contributed by atoms with E-state index in [0.717, 1.165) is 33.7 Å². The van der Waals surface area contributed by atoms with Gasteiger partial charge in [0.15, 0.2) is 0 Å². The Kier molecular flexibility index (Phi) is 7.13. The molecule has 0 aliphatic carbocycles. The van der Waals surface area contributed by atoms with Gasteiger partial charge in [0.05, 0.1) is 26.6 Å². The zero-order valence-electron chi connectivity index (χ0n) is 20.4. The summed E-state index contributed by atoms with van der Waals surface area (Å²) in [6.45, 7) is 4.43. The number of benzene rings is 4. The maximum absolute atomic E-state index is 13.5. The van der Waals surface area contributed by atoms with E-state index in [-0.39, 0.29) is 5.56 Å². The molecule has 6 heteroatoms. The minimum absolute atomic E-state index is 0.0942. The first kappa shape index (κ1) is 24.8. The van der Waals surface area contributed by atoms with Crippen molar-refractivity contribution in [1.82, 2.24) is 9.55 Å². The van der Waals surface area contributed by atoms with Crippen LogP contribution in [-0.4, -0.2) is 9.55 Å². The highest BCUT2D eigenvalue weighted by molar-refractivity contribution is 6.42. The fraction of sp³-hybridized carbons (Fsp3) is 0.0968. The molecular formula is C31H24Cl2N2O2. The van der Waals surface area contributed by atoms with Crippen molar-refractivity contribution in [1.29, 1.82) is 0 Å². The number of para-hydroxylation sites is 1. The lowest BCUT2D eigenvalue weighted by Crippen LogP contribution is -2.23.